The largest absolute Gasteiger partial charge is 0.392 e. The number of aliphatic hydroxyl groups excluding tert-OH is 1. The SMILES string of the molecule is Cc1cc(CO)c2cccc(Cc3ccccc3C(=O)Nc3cc(C)[nH]n3)c2n1. The summed E-state index contributed by atoms with van der Waals surface area (Å²) in [7, 11) is 0. The number of para-hydroxylation sites is 1. The summed E-state index contributed by atoms with van der Waals surface area (Å²) < 4.78 is 0. The van der Waals surface area contributed by atoms with Crippen LogP contribution in [0.25, 0.3) is 10.9 Å². The summed E-state index contributed by atoms with van der Waals surface area (Å²) in [6.45, 7) is 3.76. The van der Waals surface area contributed by atoms with Gasteiger partial charge in [-0.05, 0) is 42.7 Å². The van der Waals surface area contributed by atoms with Crippen molar-refractivity contribution in [1.82, 2.24) is 15.2 Å². The molecule has 2 aromatic heterocycles. The van der Waals surface area contributed by atoms with Crippen LogP contribution in [-0.2, 0) is 13.0 Å². The third-order valence-corrected chi connectivity index (χ3v) is 4.90. The first kappa shape index (κ1) is 18.8. The number of aromatic nitrogens is 3. The molecule has 0 saturated carbocycles. The number of nitrogens with one attached hydrogen (secondary N) is 2. The van der Waals surface area contributed by atoms with Crippen molar-refractivity contribution in [3.8, 4) is 0 Å². The first-order valence-electron chi connectivity index (χ1n) is 9.45. The normalized spacial score (nSPS) is 11.0. The lowest BCUT2D eigenvalue weighted by atomic mass is 9.96. The monoisotopic (exact) mass is 386 g/mol. The van der Waals surface area contributed by atoms with E-state index in [4.69, 9.17) is 4.98 Å². The third-order valence-electron chi connectivity index (χ3n) is 4.90. The van der Waals surface area contributed by atoms with Gasteiger partial charge in [-0.25, -0.2) is 0 Å². The van der Waals surface area contributed by atoms with Gasteiger partial charge >= 0.3 is 0 Å². The van der Waals surface area contributed by atoms with Crippen molar-refractivity contribution in [2.75, 3.05) is 5.32 Å². The maximum Gasteiger partial charge on any atom is 0.257 e. The van der Waals surface area contributed by atoms with Crippen LogP contribution in [0.3, 0.4) is 0 Å². The Morgan fingerprint density at radius 2 is 1.83 bits per heavy atom. The topological polar surface area (TPSA) is 90.9 Å². The molecule has 29 heavy (non-hydrogen) atoms. The van der Waals surface area contributed by atoms with E-state index in [1.165, 1.54) is 0 Å². The number of H-pyrrole nitrogens is 1. The minimum Gasteiger partial charge on any atom is -0.392 e. The number of pyridine rings is 1. The Kier molecular flexibility index (Phi) is 5.10. The number of carbonyl (C=O) groups excluding carboxylic acids is 1. The molecule has 6 heteroatoms. The van der Waals surface area contributed by atoms with Gasteiger partial charge < -0.3 is 10.4 Å². The van der Waals surface area contributed by atoms with Gasteiger partial charge in [0.1, 0.15) is 0 Å². The van der Waals surface area contributed by atoms with Gasteiger partial charge in [0.2, 0.25) is 0 Å². The molecule has 0 saturated heterocycles. The van der Waals surface area contributed by atoms with Gasteiger partial charge in [-0.2, -0.15) is 5.10 Å². The number of hydrogen-bond donors (Lipinski definition) is 3. The van der Waals surface area contributed by atoms with Crippen LogP contribution in [-0.4, -0.2) is 26.2 Å². The molecule has 146 valence electrons. The molecule has 0 atom stereocenters. The second kappa shape index (κ2) is 7.85. The molecule has 0 aliphatic heterocycles. The van der Waals surface area contributed by atoms with Crippen LogP contribution >= 0.6 is 0 Å². The van der Waals surface area contributed by atoms with Crippen molar-refractivity contribution in [1.29, 1.82) is 0 Å². The predicted octanol–water partition coefficient (Wildman–Crippen LogP) is 3.91. The van der Waals surface area contributed by atoms with Crippen LogP contribution in [0.2, 0.25) is 0 Å². The fraction of sp³-hybridized carbons (Fsp3) is 0.174. The van der Waals surface area contributed by atoms with E-state index < -0.39 is 0 Å². The lowest BCUT2D eigenvalue weighted by molar-refractivity contribution is 0.102. The molecule has 2 heterocycles. The highest BCUT2D eigenvalue weighted by Crippen LogP contribution is 2.25. The number of aryl methyl sites for hydroxylation is 2. The number of amides is 1. The summed E-state index contributed by atoms with van der Waals surface area (Å²) in [5.41, 5.74) is 5.96. The predicted molar refractivity (Wildman–Crippen MR) is 113 cm³/mol. The lowest BCUT2D eigenvalue weighted by Gasteiger charge is -2.12. The Hall–Kier alpha value is -3.51. The van der Waals surface area contributed by atoms with Crippen LogP contribution in [0.15, 0.2) is 54.6 Å². The van der Waals surface area contributed by atoms with E-state index in [-0.39, 0.29) is 12.5 Å². The number of hydrogen-bond acceptors (Lipinski definition) is 4. The Morgan fingerprint density at radius 3 is 2.59 bits per heavy atom. The number of aliphatic hydroxyl groups is 1. The number of anilines is 1. The minimum absolute atomic E-state index is 0.0363. The average molecular weight is 386 g/mol. The highest BCUT2D eigenvalue weighted by molar-refractivity contribution is 6.05. The molecule has 1 amide bonds. The van der Waals surface area contributed by atoms with E-state index in [1.54, 1.807) is 6.07 Å². The first-order chi connectivity index (χ1) is 14.0. The molecule has 0 fully saturated rings. The smallest absolute Gasteiger partial charge is 0.257 e. The van der Waals surface area contributed by atoms with E-state index in [1.807, 2.05) is 62.4 Å². The summed E-state index contributed by atoms with van der Waals surface area (Å²) in [5.74, 6) is 0.296. The fourth-order valence-electron chi connectivity index (χ4n) is 3.56. The Labute approximate surface area is 168 Å². The van der Waals surface area contributed by atoms with Crippen LogP contribution in [0, 0.1) is 13.8 Å². The van der Waals surface area contributed by atoms with Crippen LogP contribution < -0.4 is 5.32 Å². The van der Waals surface area contributed by atoms with E-state index in [0.29, 0.717) is 17.8 Å². The maximum absolute atomic E-state index is 12.8. The van der Waals surface area contributed by atoms with E-state index >= 15 is 0 Å². The minimum atomic E-state index is -0.201. The van der Waals surface area contributed by atoms with Gasteiger partial charge in [-0.1, -0.05) is 36.4 Å². The molecule has 0 aliphatic rings. The van der Waals surface area contributed by atoms with Crippen LogP contribution in [0.5, 0.6) is 0 Å². The zero-order valence-corrected chi connectivity index (χ0v) is 16.4. The van der Waals surface area contributed by atoms with Crippen LogP contribution in [0.1, 0.15) is 38.4 Å². The summed E-state index contributed by atoms with van der Waals surface area (Å²) in [5, 5.41) is 20.4. The Bertz CT molecular complexity index is 1200. The number of nitrogens with zero attached hydrogens (tertiary/aromatic N) is 2. The van der Waals surface area contributed by atoms with E-state index in [9.17, 15) is 9.90 Å². The zero-order chi connectivity index (χ0) is 20.4. The van der Waals surface area contributed by atoms with Crippen molar-refractivity contribution in [3.63, 3.8) is 0 Å². The average Bonchev–Trinajstić information content (AvgIpc) is 3.12. The Morgan fingerprint density at radius 1 is 1.03 bits per heavy atom. The van der Waals surface area contributed by atoms with Crippen molar-refractivity contribution < 1.29 is 9.90 Å². The van der Waals surface area contributed by atoms with Crippen molar-refractivity contribution in [2.45, 2.75) is 26.9 Å². The molecule has 0 spiro atoms. The maximum atomic E-state index is 12.8. The molecular weight excluding hydrogens is 364 g/mol. The highest BCUT2D eigenvalue weighted by atomic mass is 16.3. The third kappa shape index (κ3) is 3.88. The van der Waals surface area contributed by atoms with Gasteiger partial charge in [-0.15, -0.1) is 0 Å². The molecule has 2 aromatic carbocycles. The molecule has 0 unspecified atom stereocenters. The van der Waals surface area contributed by atoms with Crippen LogP contribution in [0.4, 0.5) is 5.82 Å². The molecule has 4 rings (SSSR count). The van der Waals surface area contributed by atoms with E-state index in [0.717, 1.165) is 39.0 Å². The quantitative estimate of drug-likeness (QED) is 0.485. The summed E-state index contributed by atoms with van der Waals surface area (Å²) >= 11 is 0. The second-order valence-electron chi connectivity index (χ2n) is 7.12. The second-order valence-corrected chi connectivity index (χ2v) is 7.12. The van der Waals surface area contributed by atoms with Crippen molar-refractivity contribution in [2.24, 2.45) is 0 Å². The Balaban J connectivity index is 1.71. The van der Waals surface area contributed by atoms with Gasteiger partial charge in [0.15, 0.2) is 5.82 Å². The van der Waals surface area contributed by atoms with Crippen molar-refractivity contribution in [3.05, 3.63) is 88.2 Å². The fourth-order valence-corrected chi connectivity index (χ4v) is 3.56. The van der Waals surface area contributed by atoms with Gasteiger partial charge in [0, 0.05) is 34.8 Å². The molecular formula is C23H22N4O2. The molecule has 3 N–H and O–H groups in total. The summed E-state index contributed by atoms with van der Waals surface area (Å²) in [6.07, 6.45) is 0.557. The number of carbonyl (C=O) groups is 1. The van der Waals surface area contributed by atoms with Crippen molar-refractivity contribution >= 4 is 22.6 Å². The molecule has 0 bridgehead atoms. The standard InChI is InChI=1S/C23H22N4O2/c1-14-10-18(13-28)19-9-5-7-17(22(19)24-14)12-16-6-3-4-8-20(16)23(29)25-21-11-15(2)26-27-21/h3-11,28H,12-13H2,1-2H3,(H2,25,26,27,29). The molecule has 0 aliphatic carbocycles. The molecule has 6 nitrogen and oxygen atoms in total. The number of benzene rings is 2. The zero-order valence-electron chi connectivity index (χ0n) is 16.4. The lowest BCUT2D eigenvalue weighted by Crippen LogP contribution is -2.14. The number of aromatic amines is 1. The number of rotatable bonds is 5. The summed E-state index contributed by atoms with van der Waals surface area (Å²) in [4.78, 5) is 17.5. The molecule has 4 aromatic rings. The van der Waals surface area contributed by atoms with Gasteiger partial charge in [0.25, 0.3) is 5.91 Å². The molecule has 0 radical (unpaired) electrons. The van der Waals surface area contributed by atoms with Gasteiger partial charge in [0.05, 0.1) is 12.1 Å². The number of fused-ring (bicyclic) bond motifs is 1. The first-order valence-corrected chi connectivity index (χ1v) is 9.45. The summed E-state index contributed by atoms with van der Waals surface area (Å²) in [6, 6.07) is 17.2. The van der Waals surface area contributed by atoms with E-state index in [2.05, 4.69) is 15.5 Å². The highest BCUT2D eigenvalue weighted by Gasteiger charge is 2.15. The van der Waals surface area contributed by atoms with Gasteiger partial charge in [-0.3, -0.25) is 14.9 Å².